The Labute approximate surface area is 104 Å². The Morgan fingerprint density at radius 3 is 2.94 bits per heavy atom. The molecule has 0 N–H and O–H groups in total. The normalized spacial score (nSPS) is 21.5. The van der Waals surface area contributed by atoms with Gasteiger partial charge in [0.05, 0.1) is 12.8 Å². The maximum Gasteiger partial charge on any atom is 0.117 e. The Bertz CT molecular complexity index is 310. The average molecular weight is 236 g/mol. The molecule has 1 fully saturated rings. The number of rotatable bonds is 6. The molecule has 0 unspecified atom stereocenters. The molecule has 2 heterocycles. The molecule has 0 aliphatic carbocycles. The minimum atomic E-state index is 0.838. The molecule has 0 bridgehead atoms. The highest BCUT2D eigenvalue weighted by atomic mass is 16.3. The zero-order valence-electron chi connectivity index (χ0n) is 11.1. The van der Waals surface area contributed by atoms with Gasteiger partial charge in [-0.3, -0.25) is 4.90 Å². The van der Waals surface area contributed by atoms with E-state index in [1.807, 2.05) is 6.07 Å². The van der Waals surface area contributed by atoms with Gasteiger partial charge >= 0.3 is 0 Å². The van der Waals surface area contributed by atoms with Crippen molar-refractivity contribution in [2.24, 2.45) is 5.92 Å². The van der Waals surface area contributed by atoms with E-state index in [1.54, 1.807) is 6.26 Å². The molecule has 96 valence electrons. The van der Waals surface area contributed by atoms with Crippen LogP contribution in [-0.4, -0.2) is 42.5 Å². The lowest BCUT2D eigenvalue weighted by Crippen LogP contribution is -2.30. The molecule has 1 aromatic rings. The second-order valence-electron chi connectivity index (χ2n) is 4.96. The van der Waals surface area contributed by atoms with Gasteiger partial charge in [-0.2, -0.15) is 0 Å². The summed E-state index contributed by atoms with van der Waals surface area (Å²) in [4.78, 5) is 5.04. The van der Waals surface area contributed by atoms with Crippen molar-refractivity contribution in [3.8, 4) is 0 Å². The number of furan rings is 1. The highest BCUT2D eigenvalue weighted by molar-refractivity contribution is 4.98. The molecule has 1 atom stereocenters. The lowest BCUT2D eigenvalue weighted by atomic mass is 10.1. The second-order valence-corrected chi connectivity index (χ2v) is 4.96. The van der Waals surface area contributed by atoms with Crippen molar-refractivity contribution in [2.45, 2.75) is 26.8 Å². The third-order valence-electron chi connectivity index (χ3n) is 3.74. The molecule has 1 saturated heterocycles. The predicted molar refractivity (Wildman–Crippen MR) is 69.9 cm³/mol. The summed E-state index contributed by atoms with van der Waals surface area (Å²) in [5.74, 6) is 1.92. The van der Waals surface area contributed by atoms with Gasteiger partial charge in [0.1, 0.15) is 5.76 Å². The van der Waals surface area contributed by atoms with E-state index in [4.69, 9.17) is 4.42 Å². The van der Waals surface area contributed by atoms with E-state index in [2.05, 4.69) is 29.7 Å². The quantitative estimate of drug-likeness (QED) is 0.756. The van der Waals surface area contributed by atoms with E-state index < -0.39 is 0 Å². The van der Waals surface area contributed by atoms with E-state index in [0.29, 0.717) is 0 Å². The average Bonchev–Trinajstić information content (AvgIpc) is 2.99. The predicted octanol–water partition coefficient (Wildman–Crippen LogP) is 2.44. The molecule has 0 radical (unpaired) electrons. The number of nitrogens with zero attached hydrogens (tertiary/aromatic N) is 2. The van der Waals surface area contributed by atoms with Crippen molar-refractivity contribution in [3.63, 3.8) is 0 Å². The standard InChI is InChI=1S/C14H24N2O/c1-3-15-8-7-13(10-15)11-16(4-2)12-14-6-5-9-17-14/h5-6,9,13H,3-4,7-8,10-12H2,1-2H3/t13-/m0/s1. The van der Waals surface area contributed by atoms with Crippen LogP contribution in [0.5, 0.6) is 0 Å². The van der Waals surface area contributed by atoms with E-state index in [1.165, 1.54) is 32.6 Å². The SMILES string of the molecule is CCN1CC[C@H](CN(CC)Cc2ccco2)C1. The summed E-state index contributed by atoms with van der Waals surface area (Å²) in [6, 6.07) is 4.03. The fourth-order valence-electron chi connectivity index (χ4n) is 2.64. The van der Waals surface area contributed by atoms with Crippen LogP contribution in [0.15, 0.2) is 22.8 Å². The van der Waals surface area contributed by atoms with Crippen LogP contribution < -0.4 is 0 Å². The summed E-state index contributed by atoms with van der Waals surface area (Å²) in [5.41, 5.74) is 0. The molecule has 17 heavy (non-hydrogen) atoms. The Morgan fingerprint density at radius 2 is 2.35 bits per heavy atom. The van der Waals surface area contributed by atoms with E-state index >= 15 is 0 Å². The summed E-state index contributed by atoms with van der Waals surface area (Å²) in [5, 5.41) is 0. The first-order valence-corrected chi connectivity index (χ1v) is 6.79. The topological polar surface area (TPSA) is 19.6 Å². The van der Waals surface area contributed by atoms with Crippen molar-refractivity contribution in [1.29, 1.82) is 0 Å². The van der Waals surface area contributed by atoms with Gasteiger partial charge < -0.3 is 9.32 Å². The first-order valence-electron chi connectivity index (χ1n) is 6.79. The number of likely N-dealkylation sites (tertiary alicyclic amines) is 1. The van der Waals surface area contributed by atoms with Crippen LogP contribution in [0.1, 0.15) is 26.0 Å². The van der Waals surface area contributed by atoms with Crippen molar-refractivity contribution in [3.05, 3.63) is 24.2 Å². The molecule has 1 aliphatic rings. The summed E-state index contributed by atoms with van der Waals surface area (Å²) < 4.78 is 5.42. The van der Waals surface area contributed by atoms with Crippen molar-refractivity contribution < 1.29 is 4.42 Å². The Balaban J connectivity index is 1.79. The highest BCUT2D eigenvalue weighted by Crippen LogP contribution is 2.18. The minimum Gasteiger partial charge on any atom is -0.468 e. The molecular weight excluding hydrogens is 212 g/mol. The van der Waals surface area contributed by atoms with E-state index in [0.717, 1.165) is 24.8 Å². The van der Waals surface area contributed by atoms with Gasteiger partial charge in [-0.1, -0.05) is 13.8 Å². The van der Waals surface area contributed by atoms with Gasteiger partial charge in [-0.05, 0) is 44.1 Å². The summed E-state index contributed by atoms with van der Waals surface area (Å²) in [6.07, 6.45) is 3.11. The van der Waals surface area contributed by atoms with Crippen LogP contribution in [0.3, 0.4) is 0 Å². The number of hydrogen-bond acceptors (Lipinski definition) is 3. The first-order chi connectivity index (χ1) is 8.31. The van der Waals surface area contributed by atoms with Crippen LogP contribution in [0, 0.1) is 5.92 Å². The van der Waals surface area contributed by atoms with Crippen LogP contribution in [0.4, 0.5) is 0 Å². The van der Waals surface area contributed by atoms with Gasteiger partial charge in [0, 0.05) is 13.1 Å². The van der Waals surface area contributed by atoms with Crippen molar-refractivity contribution in [1.82, 2.24) is 9.80 Å². The lowest BCUT2D eigenvalue weighted by Gasteiger charge is -2.23. The first kappa shape index (κ1) is 12.7. The van der Waals surface area contributed by atoms with Gasteiger partial charge in [-0.15, -0.1) is 0 Å². The van der Waals surface area contributed by atoms with Crippen LogP contribution >= 0.6 is 0 Å². The highest BCUT2D eigenvalue weighted by Gasteiger charge is 2.23. The Morgan fingerprint density at radius 1 is 1.47 bits per heavy atom. The molecule has 3 heteroatoms. The Kier molecular flexibility index (Phi) is 4.63. The monoisotopic (exact) mass is 236 g/mol. The third kappa shape index (κ3) is 3.58. The van der Waals surface area contributed by atoms with Gasteiger partial charge in [-0.25, -0.2) is 0 Å². The fraction of sp³-hybridized carbons (Fsp3) is 0.714. The largest absolute Gasteiger partial charge is 0.468 e. The van der Waals surface area contributed by atoms with Gasteiger partial charge in [0.25, 0.3) is 0 Å². The zero-order chi connectivity index (χ0) is 12.1. The molecule has 0 saturated carbocycles. The van der Waals surface area contributed by atoms with Crippen molar-refractivity contribution >= 4 is 0 Å². The fourth-order valence-corrected chi connectivity index (χ4v) is 2.64. The van der Waals surface area contributed by atoms with E-state index in [9.17, 15) is 0 Å². The molecule has 0 amide bonds. The summed E-state index contributed by atoms with van der Waals surface area (Å²) in [7, 11) is 0. The molecule has 2 rings (SSSR count). The molecule has 0 spiro atoms. The van der Waals surface area contributed by atoms with Crippen LogP contribution in [-0.2, 0) is 6.54 Å². The second kappa shape index (κ2) is 6.22. The van der Waals surface area contributed by atoms with Gasteiger partial charge in [0.2, 0.25) is 0 Å². The lowest BCUT2D eigenvalue weighted by molar-refractivity contribution is 0.214. The van der Waals surface area contributed by atoms with Crippen LogP contribution in [0.2, 0.25) is 0 Å². The minimum absolute atomic E-state index is 0.838. The van der Waals surface area contributed by atoms with Gasteiger partial charge in [0.15, 0.2) is 0 Å². The zero-order valence-corrected chi connectivity index (χ0v) is 11.1. The van der Waals surface area contributed by atoms with Crippen molar-refractivity contribution in [2.75, 3.05) is 32.7 Å². The third-order valence-corrected chi connectivity index (χ3v) is 3.74. The molecule has 1 aliphatic heterocycles. The Hall–Kier alpha value is -0.800. The molecule has 1 aromatic heterocycles. The smallest absolute Gasteiger partial charge is 0.117 e. The number of hydrogen-bond donors (Lipinski definition) is 0. The summed E-state index contributed by atoms with van der Waals surface area (Å²) in [6.45, 7) is 11.5. The van der Waals surface area contributed by atoms with E-state index in [-0.39, 0.29) is 0 Å². The molecule has 0 aromatic carbocycles. The van der Waals surface area contributed by atoms with Crippen LogP contribution in [0.25, 0.3) is 0 Å². The maximum absolute atomic E-state index is 5.42. The summed E-state index contributed by atoms with van der Waals surface area (Å²) >= 11 is 0. The molecular formula is C14H24N2O. The molecule has 3 nitrogen and oxygen atoms in total. The maximum atomic E-state index is 5.42.